The number of ether oxygens (including phenoxy) is 2. The minimum absolute atomic E-state index is 0.0761. The number of benzene rings is 1. The van der Waals surface area contributed by atoms with Gasteiger partial charge in [-0.1, -0.05) is 17.3 Å². The van der Waals surface area contributed by atoms with Crippen molar-refractivity contribution in [2.24, 2.45) is 0 Å². The molecule has 0 saturated carbocycles. The number of carbonyl (C=O) groups excluding carboxylic acids is 1. The van der Waals surface area contributed by atoms with Crippen LogP contribution in [0.2, 0.25) is 0 Å². The number of Topliss-reactive ketones (excluding diaryl/α,β-unsaturated/α-hetero) is 1. The molecule has 1 aliphatic heterocycles. The van der Waals surface area contributed by atoms with E-state index in [0.29, 0.717) is 19.4 Å². The third-order valence-electron chi connectivity index (χ3n) is 4.05. The molecule has 6 heteroatoms. The zero-order valence-electron chi connectivity index (χ0n) is 13.4. The van der Waals surface area contributed by atoms with Gasteiger partial charge in [0.15, 0.2) is 0 Å². The Morgan fingerprint density at radius 3 is 2.74 bits per heavy atom. The van der Waals surface area contributed by atoms with Gasteiger partial charge in [-0.3, -0.25) is 9.48 Å². The van der Waals surface area contributed by atoms with E-state index < -0.39 is 0 Å². The zero-order valence-corrected chi connectivity index (χ0v) is 13.4. The van der Waals surface area contributed by atoms with Crippen molar-refractivity contribution in [3.8, 4) is 5.75 Å². The van der Waals surface area contributed by atoms with Gasteiger partial charge in [-0.15, -0.1) is 5.10 Å². The van der Waals surface area contributed by atoms with E-state index in [4.69, 9.17) is 9.47 Å². The highest BCUT2D eigenvalue weighted by molar-refractivity contribution is 5.80. The summed E-state index contributed by atoms with van der Waals surface area (Å²) in [7, 11) is 1.64. The number of aromatic nitrogens is 3. The quantitative estimate of drug-likeness (QED) is 0.848. The van der Waals surface area contributed by atoms with E-state index in [9.17, 15) is 4.79 Å². The van der Waals surface area contributed by atoms with E-state index in [0.717, 1.165) is 23.4 Å². The molecule has 2 heterocycles. The number of carbonyl (C=O) groups is 1. The molecule has 0 amide bonds. The molecule has 122 valence electrons. The lowest BCUT2D eigenvalue weighted by Gasteiger charge is -2.29. The summed E-state index contributed by atoms with van der Waals surface area (Å²) in [6.07, 6.45) is 3.30. The monoisotopic (exact) mass is 315 g/mol. The van der Waals surface area contributed by atoms with Crippen molar-refractivity contribution in [3.05, 3.63) is 41.7 Å². The van der Waals surface area contributed by atoms with Gasteiger partial charge < -0.3 is 9.47 Å². The third kappa shape index (κ3) is 3.96. The van der Waals surface area contributed by atoms with E-state index in [-0.39, 0.29) is 18.0 Å². The van der Waals surface area contributed by atoms with Crippen molar-refractivity contribution in [3.63, 3.8) is 0 Å². The standard InChI is InChI=1S/C17H21N3O3/c1-12-11-20(19-18-12)8-7-16-9-14(21)10-17(23-16)13-3-5-15(22-2)6-4-13/h3-6,11,16-17H,7-10H2,1-2H3/t16-,17-/m1/s1. The smallest absolute Gasteiger partial charge is 0.138 e. The van der Waals surface area contributed by atoms with Crippen LogP contribution in [0.3, 0.4) is 0 Å². The SMILES string of the molecule is COc1ccc([C@H]2CC(=O)C[C@@H](CCn3cc(C)nn3)O2)cc1. The number of aryl methyl sites for hydroxylation is 2. The fourth-order valence-corrected chi connectivity index (χ4v) is 2.84. The van der Waals surface area contributed by atoms with Gasteiger partial charge in [0, 0.05) is 25.6 Å². The zero-order chi connectivity index (χ0) is 16.2. The van der Waals surface area contributed by atoms with Crippen LogP contribution in [0.25, 0.3) is 0 Å². The first-order chi connectivity index (χ1) is 11.1. The van der Waals surface area contributed by atoms with Crippen LogP contribution in [-0.2, 0) is 16.1 Å². The van der Waals surface area contributed by atoms with Crippen molar-refractivity contribution in [1.29, 1.82) is 0 Å². The minimum atomic E-state index is -0.176. The van der Waals surface area contributed by atoms with Gasteiger partial charge in [0.2, 0.25) is 0 Å². The van der Waals surface area contributed by atoms with E-state index in [2.05, 4.69) is 10.3 Å². The molecule has 1 aromatic heterocycles. The molecule has 23 heavy (non-hydrogen) atoms. The normalized spacial score (nSPS) is 21.4. The van der Waals surface area contributed by atoms with Gasteiger partial charge >= 0.3 is 0 Å². The largest absolute Gasteiger partial charge is 0.497 e. The molecule has 3 rings (SSSR count). The molecular weight excluding hydrogens is 294 g/mol. The van der Waals surface area contributed by atoms with E-state index in [1.807, 2.05) is 37.4 Å². The molecule has 1 saturated heterocycles. The second kappa shape index (κ2) is 6.91. The molecule has 0 N–H and O–H groups in total. The molecule has 0 radical (unpaired) electrons. The predicted octanol–water partition coefficient (Wildman–Crippen LogP) is 2.47. The van der Waals surface area contributed by atoms with Gasteiger partial charge in [0.1, 0.15) is 11.5 Å². The Hall–Kier alpha value is -2.21. The summed E-state index contributed by atoms with van der Waals surface area (Å²) in [5.74, 6) is 1.05. The van der Waals surface area contributed by atoms with E-state index in [1.165, 1.54) is 0 Å². The first-order valence-electron chi connectivity index (χ1n) is 7.82. The van der Waals surface area contributed by atoms with Gasteiger partial charge in [0.05, 0.1) is 25.0 Å². The molecule has 2 atom stereocenters. The number of hydrogen-bond donors (Lipinski definition) is 0. The van der Waals surface area contributed by atoms with Crippen LogP contribution in [0.5, 0.6) is 5.75 Å². The summed E-state index contributed by atoms with van der Waals surface area (Å²) >= 11 is 0. The summed E-state index contributed by atoms with van der Waals surface area (Å²) in [5, 5.41) is 8.00. The molecule has 0 unspecified atom stereocenters. The topological polar surface area (TPSA) is 66.2 Å². The van der Waals surface area contributed by atoms with Crippen molar-refractivity contribution in [2.45, 2.75) is 44.9 Å². The average Bonchev–Trinajstić information content (AvgIpc) is 2.98. The summed E-state index contributed by atoms with van der Waals surface area (Å²) in [6, 6.07) is 7.70. The van der Waals surface area contributed by atoms with Gasteiger partial charge in [-0.05, 0) is 31.0 Å². The van der Waals surface area contributed by atoms with Crippen LogP contribution in [0.1, 0.15) is 36.6 Å². The highest BCUT2D eigenvalue weighted by Gasteiger charge is 2.28. The Kier molecular flexibility index (Phi) is 4.71. The van der Waals surface area contributed by atoms with E-state index in [1.54, 1.807) is 11.8 Å². The lowest BCUT2D eigenvalue weighted by atomic mass is 9.96. The third-order valence-corrected chi connectivity index (χ3v) is 4.05. The van der Waals surface area contributed by atoms with Crippen LogP contribution in [0.4, 0.5) is 0 Å². The van der Waals surface area contributed by atoms with Crippen LogP contribution in [-0.4, -0.2) is 34.0 Å². The van der Waals surface area contributed by atoms with Gasteiger partial charge in [0.25, 0.3) is 0 Å². The predicted molar refractivity (Wildman–Crippen MR) is 84.2 cm³/mol. The fourth-order valence-electron chi connectivity index (χ4n) is 2.84. The van der Waals surface area contributed by atoms with Crippen molar-refractivity contribution in [2.75, 3.05) is 7.11 Å². The summed E-state index contributed by atoms with van der Waals surface area (Å²) in [4.78, 5) is 12.1. The second-order valence-electron chi connectivity index (χ2n) is 5.88. The number of nitrogens with zero attached hydrogens (tertiary/aromatic N) is 3. The Morgan fingerprint density at radius 1 is 1.30 bits per heavy atom. The maximum atomic E-state index is 12.1. The van der Waals surface area contributed by atoms with Crippen molar-refractivity contribution < 1.29 is 14.3 Å². The molecule has 1 fully saturated rings. The number of rotatable bonds is 5. The molecule has 0 bridgehead atoms. The lowest BCUT2D eigenvalue weighted by molar-refractivity contribution is -0.136. The van der Waals surface area contributed by atoms with Crippen LogP contribution in [0.15, 0.2) is 30.5 Å². The van der Waals surface area contributed by atoms with Crippen LogP contribution < -0.4 is 4.74 Å². The lowest BCUT2D eigenvalue weighted by Crippen LogP contribution is -2.29. The minimum Gasteiger partial charge on any atom is -0.497 e. The van der Waals surface area contributed by atoms with E-state index >= 15 is 0 Å². The summed E-state index contributed by atoms with van der Waals surface area (Å²) in [5.41, 5.74) is 1.90. The molecule has 1 aromatic carbocycles. The van der Waals surface area contributed by atoms with Gasteiger partial charge in [-0.25, -0.2) is 0 Å². The maximum Gasteiger partial charge on any atom is 0.138 e. The number of methoxy groups -OCH3 is 1. The second-order valence-corrected chi connectivity index (χ2v) is 5.88. The molecule has 2 aromatic rings. The summed E-state index contributed by atoms with van der Waals surface area (Å²) in [6.45, 7) is 2.61. The highest BCUT2D eigenvalue weighted by Crippen LogP contribution is 2.31. The fraction of sp³-hybridized carbons (Fsp3) is 0.471. The Bertz CT molecular complexity index is 666. The summed E-state index contributed by atoms with van der Waals surface area (Å²) < 4.78 is 13.1. The van der Waals surface area contributed by atoms with Crippen LogP contribution >= 0.6 is 0 Å². The highest BCUT2D eigenvalue weighted by atomic mass is 16.5. The Balaban J connectivity index is 1.62. The molecule has 1 aliphatic rings. The van der Waals surface area contributed by atoms with Crippen molar-refractivity contribution in [1.82, 2.24) is 15.0 Å². The van der Waals surface area contributed by atoms with Crippen molar-refractivity contribution >= 4 is 5.78 Å². The average molecular weight is 315 g/mol. The number of ketones is 1. The molecule has 0 spiro atoms. The first kappa shape index (κ1) is 15.7. The maximum absolute atomic E-state index is 12.1. The molecule has 0 aliphatic carbocycles. The van der Waals surface area contributed by atoms with Crippen LogP contribution in [0, 0.1) is 6.92 Å². The molecular formula is C17H21N3O3. The number of hydrogen-bond acceptors (Lipinski definition) is 5. The Morgan fingerprint density at radius 2 is 2.09 bits per heavy atom. The van der Waals surface area contributed by atoms with Gasteiger partial charge in [-0.2, -0.15) is 0 Å². The molecule has 6 nitrogen and oxygen atoms in total. The Labute approximate surface area is 135 Å². The first-order valence-corrected chi connectivity index (χ1v) is 7.82.